The summed E-state index contributed by atoms with van der Waals surface area (Å²) in [6, 6.07) is 6.41. The van der Waals surface area contributed by atoms with Crippen molar-refractivity contribution in [3.63, 3.8) is 0 Å². The third kappa shape index (κ3) is 2.94. The van der Waals surface area contributed by atoms with E-state index in [0.29, 0.717) is 0 Å². The molecule has 1 aromatic carbocycles. The van der Waals surface area contributed by atoms with Crippen LogP contribution in [0.3, 0.4) is 0 Å². The van der Waals surface area contributed by atoms with Crippen molar-refractivity contribution in [2.75, 3.05) is 5.73 Å². The fourth-order valence-electron chi connectivity index (χ4n) is 2.30. The largest absolute Gasteiger partial charge is 0.398 e. The summed E-state index contributed by atoms with van der Waals surface area (Å²) in [4.78, 5) is 1.27. The predicted molar refractivity (Wildman–Crippen MR) is 72.9 cm³/mol. The lowest BCUT2D eigenvalue weighted by atomic mass is 9.91. The second-order valence-corrected chi connectivity index (χ2v) is 6.38. The van der Waals surface area contributed by atoms with E-state index in [0.717, 1.165) is 16.9 Å². The summed E-state index contributed by atoms with van der Waals surface area (Å²) in [5.41, 5.74) is 8.24. The van der Waals surface area contributed by atoms with E-state index in [2.05, 4.69) is 32.0 Å². The van der Waals surface area contributed by atoms with Crippen molar-refractivity contribution >= 4 is 17.4 Å². The maximum atomic E-state index is 6.05. The lowest BCUT2D eigenvalue weighted by Crippen LogP contribution is -2.14. The van der Waals surface area contributed by atoms with Crippen molar-refractivity contribution in [3.8, 4) is 0 Å². The van der Waals surface area contributed by atoms with Crippen LogP contribution < -0.4 is 5.73 Å². The first kappa shape index (κ1) is 11.8. The maximum Gasteiger partial charge on any atom is 0.0454 e. The van der Waals surface area contributed by atoms with Crippen molar-refractivity contribution in [2.45, 2.75) is 49.7 Å². The summed E-state index contributed by atoms with van der Waals surface area (Å²) >= 11 is 1.98. The van der Waals surface area contributed by atoms with Crippen molar-refractivity contribution in [2.24, 2.45) is 5.92 Å². The van der Waals surface area contributed by atoms with Crippen LogP contribution in [-0.4, -0.2) is 5.25 Å². The van der Waals surface area contributed by atoms with Crippen molar-refractivity contribution in [1.82, 2.24) is 0 Å². The van der Waals surface area contributed by atoms with Gasteiger partial charge in [-0.3, -0.25) is 0 Å². The summed E-state index contributed by atoms with van der Waals surface area (Å²) in [7, 11) is 0. The van der Waals surface area contributed by atoms with E-state index in [9.17, 15) is 0 Å². The standard InChI is InChI=1S/C14H21NS/c1-10-3-6-12(7-4-10)16-14-8-5-11(2)9-13(14)15/h5,8-10,12H,3-4,6-7,15H2,1-2H3. The highest BCUT2D eigenvalue weighted by molar-refractivity contribution is 8.00. The summed E-state index contributed by atoms with van der Waals surface area (Å²) in [6.07, 6.45) is 5.45. The van der Waals surface area contributed by atoms with E-state index in [4.69, 9.17) is 5.73 Å². The second-order valence-electron chi connectivity index (χ2n) is 5.04. The number of nitrogen functional groups attached to an aromatic ring is 1. The van der Waals surface area contributed by atoms with Crippen LogP contribution in [0.5, 0.6) is 0 Å². The third-order valence-electron chi connectivity index (χ3n) is 3.42. The quantitative estimate of drug-likeness (QED) is 0.776. The topological polar surface area (TPSA) is 26.0 Å². The van der Waals surface area contributed by atoms with Crippen LogP contribution >= 0.6 is 11.8 Å². The van der Waals surface area contributed by atoms with Gasteiger partial charge in [-0.05, 0) is 56.2 Å². The van der Waals surface area contributed by atoms with Crippen LogP contribution in [0, 0.1) is 12.8 Å². The van der Waals surface area contributed by atoms with Crippen molar-refractivity contribution < 1.29 is 0 Å². The fraction of sp³-hybridized carbons (Fsp3) is 0.571. The number of thioether (sulfide) groups is 1. The molecule has 0 bridgehead atoms. The van der Waals surface area contributed by atoms with Gasteiger partial charge in [-0.25, -0.2) is 0 Å². The summed E-state index contributed by atoms with van der Waals surface area (Å²) in [5, 5.41) is 0.779. The highest BCUT2D eigenvalue weighted by Gasteiger charge is 2.19. The number of hydrogen-bond acceptors (Lipinski definition) is 2. The zero-order chi connectivity index (χ0) is 11.5. The molecule has 0 heterocycles. The van der Waals surface area contributed by atoms with Gasteiger partial charge in [0.15, 0.2) is 0 Å². The molecule has 0 radical (unpaired) electrons. The lowest BCUT2D eigenvalue weighted by Gasteiger charge is -2.26. The molecule has 16 heavy (non-hydrogen) atoms. The Balaban J connectivity index is 1.98. The Kier molecular flexibility index (Phi) is 3.80. The van der Waals surface area contributed by atoms with Crippen molar-refractivity contribution in [3.05, 3.63) is 23.8 Å². The zero-order valence-corrected chi connectivity index (χ0v) is 11.0. The van der Waals surface area contributed by atoms with Crippen LogP contribution in [0.15, 0.2) is 23.1 Å². The van der Waals surface area contributed by atoms with E-state index in [1.54, 1.807) is 0 Å². The SMILES string of the molecule is Cc1ccc(SC2CCC(C)CC2)c(N)c1. The molecule has 0 aliphatic heterocycles. The van der Waals surface area contributed by atoms with E-state index in [-0.39, 0.29) is 0 Å². The van der Waals surface area contributed by atoms with Gasteiger partial charge in [0, 0.05) is 15.8 Å². The Morgan fingerprint density at radius 1 is 1.19 bits per heavy atom. The Morgan fingerprint density at radius 2 is 1.88 bits per heavy atom. The molecule has 88 valence electrons. The van der Waals surface area contributed by atoms with E-state index >= 15 is 0 Å². The van der Waals surface area contributed by atoms with Gasteiger partial charge < -0.3 is 5.73 Å². The van der Waals surface area contributed by atoms with Gasteiger partial charge in [0.05, 0.1) is 0 Å². The molecule has 2 rings (SSSR count). The minimum atomic E-state index is 0.779. The Hall–Kier alpha value is -0.630. The van der Waals surface area contributed by atoms with Crippen LogP contribution in [0.25, 0.3) is 0 Å². The monoisotopic (exact) mass is 235 g/mol. The number of aryl methyl sites for hydroxylation is 1. The number of benzene rings is 1. The molecule has 1 aliphatic carbocycles. The van der Waals surface area contributed by atoms with E-state index in [1.165, 1.54) is 36.1 Å². The van der Waals surface area contributed by atoms with Crippen molar-refractivity contribution in [1.29, 1.82) is 0 Å². The van der Waals surface area contributed by atoms with Gasteiger partial charge in [-0.1, -0.05) is 13.0 Å². The number of hydrogen-bond donors (Lipinski definition) is 1. The van der Waals surface area contributed by atoms with Gasteiger partial charge in [0.25, 0.3) is 0 Å². The normalized spacial score (nSPS) is 25.6. The minimum absolute atomic E-state index is 0.779. The second kappa shape index (κ2) is 5.13. The maximum absolute atomic E-state index is 6.05. The van der Waals surface area contributed by atoms with E-state index < -0.39 is 0 Å². The summed E-state index contributed by atoms with van der Waals surface area (Å²) in [5.74, 6) is 0.923. The third-order valence-corrected chi connectivity index (χ3v) is 4.85. The average Bonchev–Trinajstić information content (AvgIpc) is 2.25. The lowest BCUT2D eigenvalue weighted by molar-refractivity contribution is 0.393. The number of nitrogens with two attached hydrogens (primary N) is 1. The van der Waals surface area contributed by atoms with Crippen LogP contribution in [0.1, 0.15) is 38.2 Å². The molecule has 1 saturated carbocycles. The average molecular weight is 235 g/mol. The molecule has 0 amide bonds. The Bertz CT molecular complexity index is 354. The predicted octanol–water partition coefficient (Wildman–Crippen LogP) is 4.25. The summed E-state index contributed by atoms with van der Waals surface area (Å²) < 4.78 is 0. The molecule has 0 aromatic heterocycles. The van der Waals surface area contributed by atoms with Gasteiger partial charge in [-0.15, -0.1) is 11.8 Å². The smallest absolute Gasteiger partial charge is 0.0454 e. The highest BCUT2D eigenvalue weighted by atomic mass is 32.2. The molecule has 1 nitrogen and oxygen atoms in total. The van der Waals surface area contributed by atoms with E-state index in [1.807, 2.05) is 11.8 Å². The minimum Gasteiger partial charge on any atom is -0.398 e. The van der Waals surface area contributed by atoms with Gasteiger partial charge in [0.2, 0.25) is 0 Å². The Morgan fingerprint density at radius 3 is 2.50 bits per heavy atom. The molecule has 1 aromatic rings. The molecular weight excluding hydrogens is 214 g/mol. The highest BCUT2D eigenvalue weighted by Crippen LogP contribution is 2.37. The molecule has 0 spiro atoms. The first-order valence-electron chi connectivity index (χ1n) is 6.18. The van der Waals surface area contributed by atoms with Crippen LogP contribution in [-0.2, 0) is 0 Å². The van der Waals surface area contributed by atoms with Gasteiger partial charge in [-0.2, -0.15) is 0 Å². The molecule has 2 N–H and O–H groups in total. The molecule has 0 unspecified atom stereocenters. The summed E-state index contributed by atoms with van der Waals surface area (Å²) in [6.45, 7) is 4.45. The molecule has 0 atom stereocenters. The first-order chi connectivity index (χ1) is 7.65. The number of rotatable bonds is 2. The molecule has 1 fully saturated rings. The Labute approximate surface area is 103 Å². The fourth-order valence-corrected chi connectivity index (χ4v) is 3.51. The molecular formula is C14H21NS. The van der Waals surface area contributed by atoms with Crippen LogP contribution in [0.2, 0.25) is 0 Å². The zero-order valence-electron chi connectivity index (χ0n) is 10.2. The molecule has 2 heteroatoms. The first-order valence-corrected chi connectivity index (χ1v) is 7.06. The van der Waals surface area contributed by atoms with Crippen LogP contribution in [0.4, 0.5) is 5.69 Å². The van der Waals surface area contributed by atoms with Gasteiger partial charge >= 0.3 is 0 Å². The molecule has 1 aliphatic rings. The van der Waals surface area contributed by atoms with Gasteiger partial charge in [0.1, 0.15) is 0 Å². The number of anilines is 1. The molecule has 0 saturated heterocycles.